The van der Waals surface area contributed by atoms with E-state index >= 15 is 0 Å². The lowest BCUT2D eigenvalue weighted by Gasteiger charge is -2.12. The Kier molecular flexibility index (Phi) is 7.69. The summed E-state index contributed by atoms with van der Waals surface area (Å²) in [6.45, 7) is 4.85. The number of methoxy groups -OCH3 is 1. The van der Waals surface area contributed by atoms with Gasteiger partial charge in [0.05, 0.1) is 19.4 Å². The highest BCUT2D eigenvalue weighted by Crippen LogP contribution is 2.28. The van der Waals surface area contributed by atoms with Crippen molar-refractivity contribution in [3.05, 3.63) is 89.4 Å². The summed E-state index contributed by atoms with van der Waals surface area (Å²) in [6, 6.07) is 15.4. The molecule has 186 valence electrons. The molecule has 2 N–H and O–H groups in total. The lowest BCUT2D eigenvalue weighted by molar-refractivity contribution is 0.0846. The SMILES string of the molecule is CCCOc1ccc(C(=O)NNC(=O)c2ccc(OCc3cn4cccc(C)c4n3)cc2)cc1OC. The zero-order valence-corrected chi connectivity index (χ0v) is 20.4. The first-order chi connectivity index (χ1) is 17.5. The highest BCUT2D eigenvalue weighted by Gasteiger charge is 2.13. The molecule has 4 rings (SSSR count). The third-order valence-corrected chi connectivity index (χ3v) is 5.41. The highest BCUT2D eigenvalue weighted by molar-refractivity contribution is 5.99. The van der Waals surface area contributed by atoms with E-state index < -0.39 is 11.8 Å². The van der Waals surface area contributed by atoms with Crippen LogP contribution in [0.3, 0.4) is 0 Å². The molecular formula is C27H28N4O5. The van der Waals surface area contributed by atoms with Crippen LogP contribution in [0.2, 0.25) is 0 Å². The minimum atomic E-state index is -0.480. The third kappa shape index (κ3) is 5.75. The smallest absolute Gasteiger partial charge is 0.269 e. The van der Waals surface area contributed by atoms with Crippen LogP contribution in [0.1, 0.15) is 45.3 Å². The van der Waals surface area contributed by atoms with Crippen molar-refractivity contribution >= 4 is 17.5 Å². The highest BCUT2D eigenvalue weighted by atomic mass is 16.5. The maximum absolute atomic E-state index is 12.5. The number of aromatic nitrogens is 2. The first kappa shape index (κ1) is 24.6. The molecule has 0 fully saturated rings. The van der Waals surface area contributed by atoms with Crippen molar-refractivity contribution in [1.82, 2.24) is 20.2 Å². The van der Waals surface area contributed by atoms with E-state index in [4.69, 9.17) is 14.2 Å². The number of ether oxygens (including phenoxy) is 3. The largest absolute Gasteiger partial charge is 0.493 e. The molecule has 2 aromatic heterocycles. The standard InChI is InChI=1S/C27H28N4O5/c1-4-14-35-23-12-9-20(15-24(23)34-3)27(33)30-29-26(32)19-7-10-22(11-8-19)36-17-21-16-31-13-5-6-18(2)25(31)28-21/h5-13,15-16H,4,14,17H2,1-3H3,(H,29,32)(H,30,33). The molecule has 36 heavy (non-hydrogen) atoms. The minimum absolute atomic E-state index is 0.300. The summed E-state index contributed by atoms with van der Waals surface area (Å²) in [4.78, 5) is 29.5. The number of hydrazine groups is 1. The summed E-state index contributed by atoms with van der Waals surface area (Å²) >= 11 is 0. The molecule has 0 atom stereocenters. The van der Waals surface area contributed by atoms with Gasteiger partial charge < -0.3 is 18.6 Å². The zero-order valence-electron chi connectivity index (χ0n) is 20.4. The zero-order chi connectivity index (χ0) is 25.5. The number of imidazole rings is 1. The molecule has 0 saturated heterocycles. The molecule has 9 heteroatoms. The molecule has 0 aliphatic rings. The first-order valence-corrected chi connectivity index (χ1v) is 11.6. The van der Waals surface area contributed by atoms with Gasteiger partial charge in [0.2, 0.25) is 0 Å². The average Bonchev–Trinajstić information content (AvgIpc) is 3.34. The quantitative estimate of drug-likeness (QED) is 0.344. The average molecular weight is 489 g/mol. The first-order valence-electron chi connectivity index (χ1n) is 11.6. The maximum Gasteiger partial charge on any atom is 0.269 e. The van der Waals surface area contributed by atoms with E-state index in [-0.39, 0.29) is 0 Å². The van der Waals surface area contributed by atoms with Gasteiger partial charge in [-0.25, -0.2) is 4.98 Å². The van der Waals surface area contributed by atoms with Crippen molar-refractivity contribution < 1.29 is 23.8 Å². The monoisotopic (exact) mass is 488 g/mol. The summed E-state index contributed by atoms with van der Waals surface area (Å²) in [5.41, 5.74) is 8.30. The fraction of sp³-hybridized carbons (Fsp3) is 0.222. The second-order valence-corrected chi connectivity index (χ2v) is 8.09. The Balaban J connectivity index is 1.30. The third-order valence-electron chi connectivity index (χ3n) is 5.41. The molecule has 0 bridgehead atoms. The number of amides is 2. The van der Waals surface area contributed by atoms with Crippen LogP contribution in [0, 0.1) is 6.92 Å². The van der Waals surface area contributed by atoms with Gasteiger partial charge in [-0.2, -0.15) is 0 Å². The van der Waals surface area contributed by atoms with E-state index in [1.54, 1.807) is 42.5 Å². The Bertz CT molecular complexity index is 1360. The predicted octanol–water partition coefficient (Wildman–Crippen LogP) is 4.09. The molecule has 0 saturated carbocycles. The maximum atomic E-state index is 12.5. The number of aryl methyl sites for hydroxylation is 1. The van der Waals surface area contributed by atoms with E-state index in [1.165, 1.54) is 7.11 Å². The molecule has 2 heterocycles. The lowest BCUT2D eigenvalue weighted by Crippen LogP contribution is -2.41. The van der Waals surface area contributed by atoms with E-state index in [9.17, 15) is 9.59 Å². The van der Waals surface area contributed by atoms with Crippen LogP contribution in [-0.2, 0) is 6.61 Å². The second-order valence-electron chi connectivity index (χ2n) is 8.09. The van der Waals surface area contributed by atoms with Crippen LogP contribution in [0.4, 0.5) is 0 Å². The van der Waals surface area contributed by atoms with Gasteiger partial charge in [0.1, 0.15) is 18.0 Å². The lowest BCUT2D eigenvalue weighted by atomic mass is 10.2. The molecule has 0 aliphatic carbocycles. The summed E-state index contributed by atoms with van der Waals surface area (Å²) in [7, 11) is 1.50. The van der Waals surface area contributed by atoms with E-state index in [2.05, 4.69) is 15.8 Å². The minimum Gasteiger partial charge on any atom is -0.493 e. The van der Waals surface area contributed by atoms with Crippen LogP contribution >= 0.6 is 0 Å². The molecule has 0 aliphatic heterocycles. The van der Waals surface area contributed by atoms with Gasteiger partial charge in [-0.05, 0) is 67.4 Å². The predicted molar refractivity (Wildman–Crippen MR) is 134 cm³/mol. The topological polar surface area (TPSA) is 103 Å². The molecular weight excluding hydrogens is 460 g/mol. The molecule has 0 spiro atoms. The summed E-state index contributed by atoms with van der Waals surface area (Å²) in [5, 5.41) is 0. The number of carbonyl (C=O) groups is 2. The summed E-state index contributed by atoms with van der Waals surface area (Å²) < 4.78 is 18.7. The molecule has 0 radical (unpaired) electrons. The Morgan fingerprint density at radius 3 is 2.36 bits per heavy atom. The van der Waals surface area contributed by atoms with Gasteiger partial charge in [0, 0.05) is 23.5 Å². The van der Waals surface area contributed by atoms with E-state index in [0.717, 1.165) is 23.3 Å². The molecule has 4 aromatic rings. The van der Waals surface area contributed by atoms with Crippen molar-refractivity contribution in [3.63, 3.8) is 0 Å². The number of nitrogens with one attached hydrogen (secondary N) is 2. The number of hydrogen-bond acceptors (Lipinski definition) is 6. The number of nitrogens with zero attached hydrogens (tertiary/aromatic N) is 2. The Labute approximate surface area is 209 Å². The van der Waals surface area contributed by atoms with Crippen LogP contribution < -0.4 is 25.1 Å². The Morgan fingerprint density at radius 1 is 0.944 bits per heavy atom. The molecule has 9 nitrogen and oxygen atoms in total. The van der Waals surface area contributed by atoms with Gasteiger partial charge in [-0.1, -0.05) is 13.0 Å². The fourth-order valence-corrected chi connectivity index (χ4v) is 3.53. The second kappa shape index (κ2) is 11.3. The number of pyridine rings is 1. The number of benzene rings is 2. The van der Waals surface area contributed by atoms with Crippen LogP contribution in [-0.4, -0.2) is 34.9 Å². The Morgan fingerprint density at radius 2 is 1.67 bits per heavy atom. The summed E-state index contributed by atoms with van der Waals surface area (Å²) in [6.07, 6.45) is 4.72. The number of hydrogen-bond donors (Lipinski definition) is 2. The van der Waals surface area contributed by atoms with Gasteiger partial charge in [0.15, 0.2) is 11.5 Å². The normalized spacial score (nSPS) is 10.6. The van der Waals surface area contributed by atoms with Crippen molar-refractivity contribution in [2.75, 3.05) is 13.7 Å². The van der Waals surface area contributed by atoms with E-state index in [0.29, 0.717) is 41.6 Å². The number of carbonyl (C=O) groups excluding carboxylic acids is 2. The fourth-order valence-electron chi connectivity index (χ4n) is 3.53. The van der Waals surface area contributed by atoms with Crippen molar-refractivity contribution in [2.45, 2.75) is 26.9 Å². The Hall–Kier alpha value is -4.53. The molecule has 0 unspecified atom stereocenters. The van der Waals surface area contributed by atoms with Crippen LogP contribution in [0.5, 0.6) is 17.2 Å². The van der Waals surface area contributed by atoms with Crippen LogP contribution in [0.25, 0.3) is 5.65 Å². The number of rotatable bonds is 9. The van der Waals surface area contributed by atoms with Gasteiger partial charge in [-0.15, -0.1) is 0 Å². The van der Waals surface area contributed by atoms with Gasteiger partial charge in [-0.3, -0.25) is 20.4 Å². The van der Waals surface area contributed by atoms with Crippen molar-refractivity contribution in [1.29, 1.82) is 0 Å². The van der Waals surface area contributed by atoms with Gasteiger partial charge >= 0.3 is 0 Å². The van der Waals surface area contributed by atoms with E-state index in [1.807, 2.05) is 42.8 Å². The van der Waals surface area contributed by atoms with Crippen LogP contribution in [0.15, 0.2) is 67.0 Å². The summed E-state index contributed by atoms with van der Waals surface area (Å²) in [5.74, 6) is 0.657. The molecule has 2 aromatic carbocycles. The van der Waals surface area contributed by atoms with Gasteiger partial charge in [0.25, 0.3) is 11.8 Å². The number of fused-ring (bicyclic) bond motifs is 1. The van der Waals surface area contributed by atoms with Crippen molar-refractivity contribution in [2.24, 2.45) is 0 Å². The molecule has 2 amide bonds. The van der Waals surface area contributed by atoms with Crippen molar-refractivity contribution in [3.8, 4) is 17.2 Å².